The van der Waals surface area contributed by atoms with Gasteiger partial charge in [0.1, 0.15) is 18.1 Å². The third-order valence-corrected chi connectivity index (χ3v) is 4.15. The molecule has 0 amide bonds. The maximum atomic E-state index is 12.8. The summed E-state index contributed by atoms with van der Waals surface area (Å²) < 4.78 is 10.7. The average molecular weight is 360 g/mol. The van der Waals surface area contributed by atoms with Crippen molar-refractivity contribution < 1.29 is 19.4 Å². The highest BCUT2D eigenvalue weighted by Gasteiger charge is 2.16. The third kappa shape index (κ3) is 3.78. The molecule has 3 rings (SSSR count). The third-order valence-electron chi connectivity index (χ3n) is 3.92. The van der Waals surface area contributed by atoms with Gasteiger partial charge in [-0.15, -0.1) is 0 Å². The zero-order valence-electron chi connectivity index (χ0n) is 13.7. The number of H-pyrrole nitrogens is 1. The monoisotopic (exact) mass is 359 g/mol. The van der Waals surface area contributed by atoms with E-state index in [1.165, 1.54) is 0 Å². The molecule has 0 radical (unpaired) electrons. The molecule has 0 spiro atoms. The summed E-state index contributed by atoms with van der Waals surface area (Å²) in [5.74, 6) is 1.20. The highest BCUT2D eigenvalue weighted by Crippen LogP contribution is 2.27. The number of aliphatic hydroxyl groups is 1. The molecule has 1 heterocycles. The van der Waals surface area contributed by atoms with Crippen molar-refractivity contribution in [3.63, 3.8) is 0 Å². The maximum Gasteiger partial charge on any atom is 0.169 e. The van der Waals surface area contributed by atoms with Crippen LogP contribution in [0.3, 0.4) is 0 Å². The van der Waals surface area contributed by atoms with Gasteiger partial charge in [0.2, 0.25) is 0 Å². The first-order chi connectivity index (χ1) is 12.1. The van der Waals surface area contributed by atoms with Crippen molar-refractivity contribution in [2.45, 2.75) is 6.42 Å². The number of carbonyl (C=O) groups is 1. The lowest BCUT2D eigenvalue weighted by Gasteiger charge is -2.10. The summed E-state index contributed by atoms with van der Waals surface area (Å²) in [5, 5.41) is 10.3. The van der Waals surface area contributed by atoms with Gasteiger partial charge in [0.15, 0.2) is 5.78 Å². The van der Waals surface area contributed by atoms with Crippen LogP contribution in [-0.2, 0) is 6.42 Å². The average Bonchev–Trinajstić information content (AvgIpc) is 3.04. The number of halogens is 1. The number of rotatable bonds is 7. The van der Waals surface area contributed by atoms with Crippen LogP contribution in [0.15, 0.2) is 42.6 Å². The number of aromatic nitrogens is 1. The molecule has 1 aromatic heterocycles. The molecular formula is C19H18ClNO4. The molecule has 2 N–H and O–H groups in total. The molecule has 0 aliphatic heterocycles. The van der Waals surface area contributed by atoms with Gasteiger partial charge in [-0.25, -0.2) is 0 Å². The number of aliphatic hydroxyl groups excluding tert-OH is 1. The summed E-state index contributed by atoms with van der Waals surface area (Å²) in [5.41, 5.74) is 2.18. The molecule has 5 nitrogen and oxygen atoms in total. The standard InChI is InChI=1S/C19H18ClNO4/c1-24-14-4-5-15-16(11-21-17(15)10-14)18(23)8-12-2-3-13(20)9-19(12)25-7-6-22/h2-5,9-11,21-22H,6-8H2,1H3. The molecule has 25 heavy (non-hydrogen) atoms. The fraction of sp³-hybridized carbons (Fsp3) is 0.211. The van der Waals surface area contributed by atoms with Crippen molar-refractivity contribution in [2.75, 3.05) is 20.3 Å². The molecule has 0 saturated heterocycles. The quantitative estimate of drug-likeness (QED) is 0.632. The van der Waals surface area contributed by atoms with Gasteiger partial charge < -0.3 is 19.6 Å². The number of ketones is 1. The smallest absolute Gasteiger partial charge is 0.169 e. The summed E-state index contributed by atoms with van der Waals surface area (Å²) >= 11 is 5.99. The van der Waals surface area contributed by atoms with Crippen LogP contribution in [0.2, 0.25) is 5.02 Å². The number of benzene rings is 2. The lowest BCUT2D eigenvalue weighted by atomic mass is 10.0. The van der Waals surface area contributed by atoms with E-state index in [0.717, 1.165) is 22.2 Å². The van der Waals surface area contributed by atoms with Crippen LogP contribution in [0, 0.1) is 0 Å². The Balaban J connectivity index is 1.87. The summed E-state index contributed by atoms with van der Waals surface area (Å²) in [4.78, 5) is 15.9. The molecule has 3 aromatic rings. The maximum absolute atomic E-state index is 12.8. The van der Waals surface area contributed by atoms with Crippen molar-refractivity contribution in [1.29, 1.82) is 0 Å². The van der Waals surface area contributed by atoms with Crippen LogP contribution >= 0.6 is 11.6 Å². The van der Waals surface area contributed by atoms with Crippen LogP contribution in [0.5, 0.6) is 11.5 Å². The second-order valence-corrected chi connectivity index (χ2v) is 5.97. The van der Waals surface area contributed by atoms with E-state index in [1.807, 2.05) is 18.2 Å². The molecule has 6 heteroatoms. The molecule has 0 fully saturated rings. The van der Waals surface area contributed by atoms with Crippen molar-refractivity contribution in [1.82, 2.24) is 4.98 Å². The van der Waals surface area contributed by atoms with E-state index < -0.39 is 0 Å². The molecule has 0 bridgehead atoms. The normalized spacial score (nSPS) is 10.8. The van der Waals surface area contributed by atoms with E-state index in [2.05, 4.69) is 4.98 Å². The number of hydrogen-bond acceptors (Lipinski definition) is 4. The number of nitrogens with one attached hydrogen (secondary N) is 1. The van der Waals surface area contributed by atoms with E-state index in [4.69, 9.17) is 26.2 Å². The van der Waals surface area contributed by atoms with Gasteiger partial charge in [-0.1, -0.05) is 17.7 Å². The minimum Gasteiger partial charge on any atom is -0.497 e. The van der Waals surface area contributed by atoms with Crippen molar-refractivity contribution >= 4 is 28.3 Å². The van der Waals surface area contributed by atoms with Gasteiger partial charge in [0.25, 0.3) is 0 Å². The van der Waals surface area contributed by atoms with E-state index in [1.54, 1.807) is 31.5 Å². The Morgan fingerprint density at radius 1 is 1.24 bits per heavy atom. The molecule has 2 aromatic carbocycles. The summed E-state index contributed by atoms with van der Waals surface area (Å²) in [6.45, 7) is 0.0403. The van der Waals surface area contributed by atoms with E-state index in [0.29, 0.717) is 16.3 Å². The van der Waals surface area contributed by atoms with Crippen LogP contribution < -0.4 is 9.47 Å². The van der Waals surface area contributed by atoms with Crippen LogP contribution in [0.25, 0.3) is 10.9 Å². The Morgan fingerprint density at radius 3 is 2.84 bits per heavy atom. The Kier molecular flexibility index (Phi) is 5.26. The lowest BCUT2D eigenvalue weighted by molar-refractivity contribution is 0.0993. The predicted molar refractivity (Wildman–Crippen MR) is 96.9 cm³/mol. The summed E-state index contributed by atoms with van der Waals surface area (Å²) in [7, 11) is 1.60. The molecule has 0 aliphatic rings. The fourth-order valence-electron chi connectivity index (χ4n) is 2.70. The minimum atomic E-state index is -0.107. The lowest BCUT2D eigenvalue weighted by Crippen LogP contribution is -2.08. The van der Waals surface area contributed by atoms with Crippen molar-refractivity contribution in [2.24, 2.45) is 0 Å². The Hall–Kier alpha value is -2.50. The van der Waals surface area contributed by atoms with E-state index >= 15 is 0 Å². The molecule has 0 aliphatic carbocycles. The molecule has 130 valence electrons. The zero-order valence-corrected chi connectivity index (χ0v) is 14.5. The minimum absolute atomic E-state index is 0.0346. The zero-order chi connectivity index (χ0) is 17.8. The van der Waals surface area contributed by atoms with Crippen LogP contribution in [0.1, 0.15) is 15.9 Å². The SMILES string of the molecule is COc1ccc2c(C(=O)Cc3ccc(Cl)cc3OCCO)c[nH]c2c1. The fourth-order valence-corrected chi connectivity index (χ4v) is 2.86. The number of Topliss-reactive ketones (excluding diaryl/α,β-unsaturated/α-hetero) is 1. The van der Waals surface area contributed by atoms with Gasteiger partial charge >= 0.3 is 0 Å². The topological polar surface area (TPSA) is 71.6 Å². The molecule has 0 unspecified atom stereocenters. The highest BCUT2D eigenvalue weighted by molar-refractivity contribution is 6.30. The first-order valence-electron chi connectivity index (χ1n) is 7.83. The molecule has 0 saturated carbocycles. The summed E-state index contributed by atoms with van der Waals surface area (Å²) in [6.07, 6.45) is 1.88. The van der Waals surface area contributed by atoms with Gasteiger partial charge in [0.05, 0.1) is 13.7 Å². The first-order valence-corrected chi connectivity index (χ1v) is 8.20. The molecular weight excluding hydrogens is 342 g/mol. The second kappa shape index (κ2) is 7.59. The Labute approximate surface area is 150 Å². The Bertz CT molecular complexity index is 904. The number of carbonyl (C=O) groups excluding carboxylic acids is 1. The number of fused-ring (bicyclic) bond motifs is 1. The van der Waals surface area contributed by atoms with Crippen LogP contribution in [0.4, 0.5) is 0 Å². The number of methoxy groups -OCH3 is 1. The number of aromatic amines is 1. The largest absolute Gasteiger partial charge is 0.497 e. The summed E-state index contributed by atoms with van der Waals surface area (Å²) in [6, 6.07) is 10.7. The van der Waals surface area contributed by atoms with E-state index in [-0.39, 0.29) is 25.4 Å². The van der Waals surface area contributed by atoms with Gasteiger partial charge in [-0.05, 0) is 24.3 Å². The van der Waals surface area contributed by atoms with Crippen molar-refractivity contribution in [3.8, 4) is 11.5 Å². The van der Waals surface area contributed by atoms with Crippen LogP contribution in [-0.4, -0.2) is 36.2 Å². The second-order valence-electron chi connectivity index (χ2n) is 5.54. The van der Waals surface area contributed by atoms with Gasteiger partial charge in [-0.3, -0.25) is 4.79 Å². The first kappa shape index (κ1) is 17.3. The van der Waals surface area contributed by atoms with Crippen molar-refractivity contribution in [3.05, 3.63) is 58.7 Å². The number of ether oxygens (including phenoxy) is 2. The van der Waals surface area contributed by atoms with E-state index in [9.17, 15) is 4.79 Å². The number of hydrogen-bond donors (Lipinski definition) is 2. The Morgan fingerprint density at radius 2 is 2.08 bits per heavy atom. The van der Waals surface area contributed by atoms with Gasteiger partial charge in [-0.2, -0.15) is 0 Å². The molecule has 0 atom stereocenters. The van der Waals surface area contributed by atoms with Gasteiger partial charge in [0, 0.05) is 45.7 Å². The predicted octanol–water partition coefficient (Wildman–Crippen LogP) is 3.63. The highest BCUT2D eigenvalue weighted by atomic mass is 35.5.